The number of benzene rings is 1. The van der Waals surface area contributed by atoms with E-state index in [9.17, 15) is 4.79 Å². The standard InChI is InChI=1S/C13H15NO3/c1-13(2)6-8-4-3-5-9(11(8)17-13)10-7-16-12(15)14-10/h3-5,10H,6-7H2,1-2H3,(H,14,15). The molecule has 3 rings (SSSR count). The third-order valence-electron chi connectivity index (χ3n) is 3.17. The second kappa shape index (κ2) is 3.39. The van der Waals surface area contributed by atoms with Gasteiger partial charge >= 0.3 is 6.09 Å². The Morgan fingerprint density at radius 3 is 2.94 bits per heavy atom. The Morgan fingerprint density at radius 1 is 1.41 bits per heavy atom. The average molecular weight is 233 g/mol. The molecule has 2 aliphatic heterocycles. The fourth-order valence-corrected chi connectivity index (χ4v) is 2.47. The zero-order valence-corrected chi connectivity index (χ0v) is 9.95. The summed E-state index contributed by atoms with van der Waals surface area (Å²) >= 11 is 0. The van der Waals surface area contributed by atoms with E-state index in [2.05, 4.69) is 25.2 Å². The first-order valence-electron chi connectivity index (χ1n) is 5.79. The van der Waals surface area contributed by atoms with Crippen LogP contribution in [-0.4, -0.2) is 18.3 Å². The number of rotatable bonds is 1. The second-order valence-corrected chi connectivity index (χ2v) is 5.17. The van der Waals surface area contributed by atoms with Gasteiger partial charge in [-0.15, -0.1) is 0 Å². The van der Waals surface area contributed by atoms with Crippen molar-refractivity contribution in [3.05, 3.63) is 29.3 Å². The molecule has 0 aliphatic carbocycles. The first-order valence-corrected chi connectivity index (χ1v) is 5.79. The molecule has 2 aliphatic rings. The van der Waals surface area contributed by atoms with Gasteiger partial charge in [-0.05, 0) is 19.4 Å². The summed E-state index contributed by atoms with van der Waals surface area (Å²) < 4.78 is 10.9. The summed E-state index contributed by atoms with van der Waals surface area (Å²) in [5.41, 5.74) is 2.05. The summed E-state index contributed by atoms with van der Waals surface area (Å²) in [7, 11) is 0. The van der Waals surface area contributed by atoms with Gasteiger partial charge < -0.3 is 14.8 Å². The van der Waals surface area contributed by atoms with Crippen LogP contribution in [0.3, 0.4) is 0 Å². The fraction of sp³-hybridized carbons (Fsp3) is 0.462. The van der Waals surface area contributed by atoms with Gasteiger partial charge in [0.1, 0.15) is 18.0 Å². The third-order valence-corrected chi connectivity index (χ3v) is 3.17. The summed E-state index contributed by atoms with van der Waals surface area (Å²) in [5, 5.41) is 2.79. The van der Waals surface area contributed by atoms with Crippen molar-refractivity contribution >= 4 is 6.09 Å². The monoisotopic (exact) mass is 233 g/mol. The van der Waals surface area contributed by atoms with Crippen LogP contribution in [0.25, 0.3) is 0 Å². The van der Waals surface area contributed by atoms with Crippen LogP contribution in [0.2, 0.25) is 0 Å². The summed E-state index contributed by atoms with van der Waals surface area (Å²) in [6, 6.07) is 5.97. The highest BCUT2D eigenvalue weighted by Gasteiger charge is 2.35. The van der Waals surface area contributed by atoms with E-state index in [4.69, 9.17) is 9.47 Å². The Bertz CT molecular complexity index is 482. The van der Waals surface area contributed by atoms with E-state index in [0.29, 0.717) is 6.61 Å². The molecule has 4 nitrogen and oxygen atoms in total. The van der Waals surface area contributed by atoms with E-state index < -0.39 is 0 Å². The maximum absolute atomic E-state index is 11.1. The third kappa shape index (κ3) is 1.73. The number of alkyl carbamates (subject to hydrolysis) is 1. The number of carbonyl (C=O) groups excluding carboxylic acids is 1. The number of fused-ring (bicyclic) bond motifs is 1. The van der Waals surface area contributed by atoms with Gasteiger partial charge in [0.2, 0.25) is 0 Å². The number of amides is 1. The van der Waals surface area contributed by atoms with E-state index in [-0.39, 0.29) is 17.7 Å². The molecule has 1 N–H and O–H groups in total. The lowest BCUT2D eigenvalue weighted by molar-refractivity contribution is 0.136. The number of nitrogens with one attached hydrogen (secondary N) is 1. The Labute approximate surface area is 99.9 Å². The zero-order chi connectivity index (χ0) is 12.0. The van der Waals surface area contributed by atoms with E-state index in [0.717, 1.165) is 17.7 Å². The molecule has 2 heterocycles. The van der Waals surface area contributed by atoms with Crippen LogP contribution in [-0.2, 0) is 11.2 Å². The van der Waals surface area contributed by atoms with E-state index in [1.807, 2.05) is 12.1 Å². The molecular formula is C13H15NO3. The van der Waals surface area contributed by atoms with E-state index in [1.165, 1.54) is 5.56 Å². The molecule has 1 unspecified atom stereocenters. The van der Waals surface area contributed by atoms with Gasteiger partial charge in [-0.1, -0.05) is 18.2 Å². The van der Waals surface area contributed by atoms with Gasteiger partial charge in [-0.2, -0.15) is 0 Å². The number of carbonyl (C=O) groups is 1. The van der Waals surface area contributed by atoms with E-state index >= 15 is 0 Å². The van der Waals surface area contributed by atoms with Crippen LogP contribution in [0.4, 0.5) is 4.79 Å². The Hall–Kier alpha value is -1.71. The molecule has 1 amide bonds. The molecule has 0 aromatic heterocycles. The van der Waals surface area contributed by atoms with Crippen molar-refractivity contribution in [2.24, 2.45) is 0 Å². The van der Waals surface area contributed by atoms with Crippen LogP contribution < -0.4 is 10.1 Å². The number of ether oxygens (including phenoxy) is 2. The number of para-hydroxylation sites is 1. The summed E-state index contributed by atoms with van der Waals surface area (Å²) in [4.78, 5) is 11.1. The smallest absolute Gasteiger partial charge is 0.407 e. The molecule has 1 saturated heterocycles. The van der Waals surface area contributed by atoms with Crippen molar-refractivity contribution in [3.8, 4) is 5.75 Å². The lowest BCUT2D eigenvalue weighted by Crippen LogP contribution is -2.25. The molecule has 90 valence electrons. The second-order valence-electron chi connectivity index (χ2n) is 5.17. The van der Waals surface area contributed by atoms with Gasteiger partial charge in [0.25, 0.3) is 0 Å². The van der Waals surface area contributed by atoms with Gasteiger partial charge in [0, 0.05) is 12.0 Å². The fourth-order valence-electron chi connectivity index (χ4n) is 2.47. The van der Waals surface area contributed by atoms with Gasteiger partial charge in [0.05, 0.1) is 6.04 Å². The van der Waals surface area contributed by atoms with Gasteiger partial charge in [-0.3, -0.25) is 0 Å². The number of hydrogen-bond donors (Lipinski definition) is 1. The van der Waals surface area contributed by atoms with Crippen molar-refractivity contribution in [1.29, 1.82) is 0 Å². The Balaban J connectivity index is 1.98. The van der Waals surface area contributed by atoms with Gasteiger partial charge in [-0.25, -0.2) is 4.79 Å². The zero-order valence-electron chi connectivity index (χ0n) is 9.95. The molecule has 1 atom stereocenters. The minimum absolute atomic E-state index is 0.0913. The van der Waals surface area contributed by atoms with Crippen molar-refractivity contribution < 1.29 is 14.3 Å². The lowest BCUT2D eigenvalue weighted by Gasteiger charge is -2.19. The highest BCUT2D eigenvalue weighted by Crippen LogP contribution is 2.40. The molecular weight excluding hydrogens is 218 g/mol. The maximum atomic E-state index is 11.1. The first-order chi connectivity index (χ1) is 8.05. The van der Waals surface area contributed by atoms with Crippen LogP contribution in [0.1, 0.15) is 31.0 Å². The molecule has 1 aromatic carbocycles. The topological polar surface area (TPSA) is 47.6 Å². The summed E-state index contributed by atoms with van der Waals surface area (Å²) in [6.45, 7) is 4.51. The number of cyclic esters (lactones) is 1. The van der Waals surface area contributed by atoms with Crippen molar-refractivity contribution in [2.75, 3.05) is 6.61 Å². The van der Waals surface area contributed by atoms with Crippen LogP contribution in [0, 0.1) is 0 Å². The molecule has 0 bridgehead atoms. The quantitative estimate of drug-likeness (QED) is 0.808. The summed E-state index contributed by atoms with van der Waals surface area (Å²) in [6.07, 6.45) is 0.544. The Morgan fingerprint density at radius 2 is 2.24 bits per heavy atom. The molecule has 0 spiro atoms. The lowest BCUT2D eigenvalue weighted by atomic mass is 9.98. The van der Waals surface area contributed by atoms with Crippen LogP contribution in [0.15, 0.2) is 18.2 Å². The molecule has 0 saturated carbocycles. The first kappa shape index (κ1) is 10.4. The average Bonchev–Trinajstić information content (AvgIpc) is 2.78. The van der Waals surface area contributed by atoms with Crippen molar-refractivity contribution in [1.82, 2.24) is 5.32 Å². The minimum atomic E-state index is -0.357. The van der Waals surface area contributed by atoms with Crippen molar-refractivity contribution in [2.45, 2.75) is 31.9 Å². The molecule has 17 heavy (non-hydrogen) atoms. The SMILES string of the molecule is CC1(C)Cc2cccc(C3COC(=O)N3)c2O1. The predicted octanol–water partition coefficient (Wildman–Crippen LogP) is 2.18. The highest BCUT2D eigenvalue weighted by molar-refractivity contribution is 5.70. The molecule has 1 aromatic rings. The molecule has 1 fully saturated rings. The maximum Gasteiger partial charge on any atom is 0.407 e. The normalized spacial score (nSPS) is 24.8. The minimum Gasteiger partial charge on any atom is -0.487 e. The van der Waals surface area contributed by atoms with Crippen LogP contribution in [0.5, 0.6) is 5.75 Å². The largest absolute Gasteiger partial charge is 0.487 e. The van der Waals surface area contributed by atoms with E-state index in [1.54, 1.807) is 0 Å². The predicted molar refractivity (Wildman–Crippen MR) is 62.1 cm³/mol. The van der Waals surface area contributed by atoms with Crippen LogP contribution >= 0.6 is 0 Å². The van der Waals surface area contributed by atoms with Crippen molar-refractivity contribution in [3.63, 3.8) is 0 Å². The van der Waals surface area contributed by atoms with Gasteiger partial charge in [0.15, 0.2) is 0 Å². The Kier molecular flexibility index (Phi) is 2.08. The molecule has 0 radical (unpaired) electrons. The summed E-state index contributed by atoms with van der Waals surface area (Å²) in [5.74, 6) is 0.910. The number of hydrogen-bond acceptors (Lipinski definition) is 3. The highest BCUT2D eigenvalue weighted by atomic mass is 16.6. The molecule has 4 heteroatoms.